The molecule has 1 aliphatic carbocycles. The topological polar surface area (TPSA) is 3.24 Å². The van der Waals surface area contributed by atoms with E-state index in [-0.39, 0.29) is 0 Å². The minimum Gasteiger partial charge on any atom is -0.300 e. The van der Waals surface area contributed by atoms with Crippen LogP contribution in [0.4, 0.5) is 0 Å². The van der Waals surface area contributed by atoms with E-state index >= 15 is 0 Å². The molecule has 3 unspecified atom stereocenters. The highest BCUT2D eigenvalue weighted by Gasteiger charge is 2.52. The van der Waals surface area contributed by atoms with Crippen LogP contribution in [0.15, 0.2) is 0 Å². The normalized spacial score (nSPS) is 52.8. The van der Waals surface area contributed by atoms with Gasteiger partial charge in [0.05, 0.1) is 0 Å². The van der Waals surface area contributed by atoms with Gasteiger partial charge >= 0.3 is 0 Å². The SMILES string of the molecule is CC12CCCC1C1CCCN1C2. The molecule has 0 aromatic carbocycles. The maximum Gasteiger partial charge on any atom is 0.0130 e. The van der Waals surface area contributed by atoms with E-state index in [0.717, 1.165) is 17.4 Å². The molecule has 2 aliphatic heterocycles. The van der Waals surface area contributed by atoms with Gasteiger partial charge in [-0.2, -0.15) is 0 Å². The number of hydrogen-bond acceptors (Lipinski definition) is 1. The Bertz CT molecular complexity index is 201. The van der Waals surface area contributed by atoms with E-state index in [0.29, 0.717) is 0 Å². The lowest BCUT2D eigenvalue weighted by Crippen LogP contribution is -2.25. The monoisotopic (exact) mass is 165 g/mol. The summed E-state index contributed by atoms with van der Waals surface area (Å²) >= 11 is 0. The lowest BCUT2D eigenvalue weighted by atomic mass is 9.79. The summed E-state index contributed by atoms with van der Waals surface area (Å²) in [6, 6.07) is 0.998. The molecule has 0 amide bonds. The van der Waals surface area contributed by atoms with Crippen molar-refractivity contribution in [1.82, 2.24) is 4.90 Å². The zero-order chi connectivity index (χ0) is 8.18. The Balaban J connectivity index is 1.90. The van der Waals surface area contributed by atoms with Gasteiger partial charge in [0.2, 0.25) is 0 Å². The van der Waals surface area contributed by atoms with Gasteiger partial charge in [0.25, 0.3) is 0 Å². The molecule has 1 nitrogen and oxygen atoms in total. The van der Waals surface area contributed by atoms with Crippen LogP contribution in [-0.2, 0) is 0 Å². The molecule has 0 N–H and O–H groups in total. The summed E-state index contributed by atoms with van der Waals surface area (Å²) in [5.41, 5.74) is 0.727. The average Bonchev–Trinajstić information content (AvgIpc) is 2.57. The summed E-state index contributed by atoms with van der Waals surface area (Å²) in [5, 5.41) is 0. The minimum atomic E-state index is 0.727. The molecular formula is C11H19N. The van der Waals surface area contributed by atoms with Gasteiger partial charge in [-0.15, -0.1) is 0 Å². The first-order valence-electron chi connectivity index (χ1n) is 5.54. The lowest BCUT2D eigenvalue weighted by Gasteiger charge is -2.24. The van der Waals surface area contributed by atoms with Gasteiger partial charge in [-0.3, -0.25) is 4.90 Å². The Hall–Kier alpha value is -0.0400. The van der Waals surface area contributed by atoms with E-state index in [4.69, 9.17) is 0 Å². The number of nitrogens with zero attached hydrogens (tertiary/aromatic N) is 1. The second-order valence-corrected chi connectivity index (χ2v) is 5.33. The highest BCUT2D eigenvalue weighted by molar-refractivity contribution is 5.05. The number of fused-ring (bicyclic) bond motifs is 3. The van der Waals surface area contributed by atoms with Gasteiger partial charge < -0.3 is 0 Å². The highest BCUT2D eigenvalue weighted by Crippen LogP contribution is 2.53. The molecule has 3 rings (SSSR count). The second-order valence-electron chi connectivity index (χ2n) is 5.33. The molecule has 68 valence electrons. The molecule has 1 saturated carbocycles. The van der Waals surface area contributed by atoms with E-state index < -0.39 is 0 Å². The fraction of sp³-hybridized carbons (Fsp3) is 1.00. The van der Waals surface area contributed by atoms with Gasteiger partial charge in [0.1, 0.15) is 0 Å². The summed E-state index contributed by atoms with van der Waals surface area (Å²) < 4.78 is 0. The summed E-state index contributed by atoms with van der Waals surface area (Å²) in [7, 11) is 0. The summed E-state index contributed by atoms with van der Waals surface area (Å²) in [6.07, 6.45) is 7.51. The Morgan fingerprint density at radius 3 is 3.08 bits per heavy atom. The molecule has 12 heavy (non-hydrogen) atoms. The maximum absolute atomic E-state index is 2.77. The smallest absolute Gasteiger partial charge is 0.0130 e. The number of rotatable bonds is 0. The Morgan fingerprint density at radius 2 is 2.17 bits per heavy atom. The van der Waals surface area contributed by atoms with E-state index in [1.165, 1.54) is 45.2 Å². The first-order valence-corrected chi connectivity index (χ1v) is 5.54. The quantitative estimate of drug-likeness (QED) is 0.532. The van der Waals surface area contributed by atoms with Crippen molar-refractivity contribution >= 4 is 0 Å². The van der Waals surface area contributed by atoms with Crippen LogP contribution >= 0.6 is 0 Å². The first-order chi connectivity index (χ1) is 5.80. The third-order valence-electron chi connectivity index (χ3n) is 4.60. The predicted octanol–water partition coefficient (Wildman–Crippen LogP) is 2.27. The third-order valence-corrected chi connectivity index (χ3v) is 4.60. The lowest BCUT2D eigenvalue weighted by molar-refractivity contribution is 0.272. The summed E-state index contributed by atoms with van der Waals surface area (Å²) in [4.78, 5) is 2.77. The molecule has 2 heterocycles. The number of hydrogen-bond donors (Lipinski definition) is 0. The van der Waals surface area contributed by atoms with Crippen LogP contribution in [0, 0.1) is 11.3 Å². The third kappa shape index (κ3) is 0.783. The van der Waals surface area contributed by atoms with Crippen LogP contribution < -0.4 is 0 Å². The molecule has 0 aromatic rings. The zero-order valence-electron chi connectivity index (χ0n) is 8.05. The van der Waals surface area contributed by atoms with Gasteiger partial charge in [-0.05, 0) is 43.6 Å². The highest BCUT2D eigenvalue weighted by atomic mass is 15.2. The molecule has 0 aromatic heterocycles. The Labute approximate surface area is 75.1 Å². The molecule has 3 fully saturated rings. The van der Waals surface area contributed by atoms with Crippen LogP contribution in [0.5, 0.6) is 0 Å². The molecule has 2 saturated heterocycles. The van der Waals surface area contributed by atoms with Crippen LogP contribution in [-0.4, -0.2) is 24.0 Å². The molecule has 0 spiro atoms. The largest absolute Gasteiger partial charge is 0.300 e. The maximum atomic E-state index is 2.77. The standard InChI is InChI=1S/C11H19N/c1-11-6-2-4-9(11)10-5-3-7-12(10)8-11/h9-10H,2-8H2,1H3. The van der Waals surface area contributed by atoms with E-state index in [1.54, 1.807) is 0 Å². The molecule has 0 bridgehead atoms. The predicted molar refractivity (Wildman–Crippen MR) is 50.0 cm³/mol. The van der Waals surface area contributed by atoms with E-state index in [1.807, 2.05) is 0 Å². The minimum absolute atomic E-state index is 0.727. The first kappa shape index (κ1) is 7.37. The van der Waals surface area contributed by atoms with E-state index in [9.17, 15) is 0 Å². The van der Waals surface area contributed by atoms with Crippen molar-refractivity contribution in [3.8, 4) is 0 Å². The van der Waals surface area contributed by atoms with Gasteiger partial charge in [0.15, 0.2) is 0 Å². The van der Waals surface area contributed by atoms with Crippen molar-refractivity contribution in [2.75, 3.05) is 13.1 Å². The fourth-order valence-corrected chi connectivity index (χ4v) is 4.08. The van der Waals surface area contributed by atoms with Crippen LogP contribution in [0.1, 0.15) is 39.0 Å². The van der Waals surface area contributed by atoms with E-state index in [2.05, 4.69) is 11.8 Å². The van der Waals surface area contributed by atoms with Gasteiger partial charge in [-0.1, -0.05) is 13.3 Å². The molecular weight excluding hydrogens is 146 g/mol. The van der Waals surface area contributed by atoms with Gasteiger partial charge in [0, 0.05) is 12.6 Å². The van der Waals surface area contributed by atoms with Crippen LogP contribution in [0.3, 0.4) is 0 Å². The van der Waals surface area contributed by atoms with Crippen molar-refractivity contribution < 1.29 is 0 Å². The average molecular weight is 165 g/mol. The van der Waals surface area contributed by atoms with Crippen LogP contribution in [0.25, 0.3) is 0 Å². The molecule has 0 radical (unpaired) electrons. The van der Waals surface area contributed by atoms with Crippen molar-refractivity contribution in [2.45, 2.75) is 45.1 Å². The fourth-order valence-electron chi connectivity index (χ4n) is 4.08. The van der Waals surface area contributed by atoms with Crippen molar-refractivity contribution in [1.29, 1.82) is 0 Å². The Morgan fingerprint density at radius 1 is 1.25 bits per heavy atom. The summed E-state index contributed by atoms with van der Waals surface area (Å²) in [6.45, 7) is 5.35. The zero-order valence-corrected chi connectivity index (χ0v) is 8.05. The molecule has 3 atom stereocenters. The Kier molecular flexibility index (Phi) is 1.39. The van der Waals surface area contributed by atoms with Crippen molar-refractivity contribution in [3.05, 3.63) is 0 Å². The van der Waals surface area contributed by atoms with Crippen molar-refractivity contribution in [3.63, 3.8) is 0 Å². The summed E-state index contributed by atoms with van der Waals surface area (Å²) in [5.74, 6) is 1.07. The molecule has 3 aliphatic rings. The van der Waals surface area contributed by atoms with Gasteiger partial charge in [-0.25, -0.2) is 0 Å². The molecule has 1 heteroatoms. The second kappa shape index (κ2) is 2.25. The van der Waals surface area contributed by atoms with Crippen LogP contribution in [0.2, 0.25) is 0 Å². The van der Waals surface area contributed by atoms with Crippen molar-refractivity contribution in [2.24, 2.45) is 11.3 Å².